The summed E-state index contributed by atoms with van der Waals surface area (Å²) in [5.74, 6) is -2.68. The van der Waals surface area contributed by atoms with E-state index in [1.807, 2.05) is 12.2 Å². The first kappa shape index (κ1) is 17.3. The van der Waals surface area contributed by atoms with E-state index < -0.39 is 17.8 Å². The molecule has 2 amide bonds. The molecule has 4 rings (SSSR count). The fourth-order valence-corrected chi connectivity index (χ4v) is 5.09. The maximum atomic E-state index is 12.8. The van der Waals surface area contributed by atoms with E-state index in [-0.39, 0.29) is 17.9 Å². The molecule has 0 saturated heterocycles. The van der Waals surface area contributed by atoms with Crippen LogP contribution in [0.1, 0.15) is 52.9 Å². The average Bonchev–Trinajstić information content (AvgIpc) is 3.20. The summed E-state index contributed by atoms with van der Waals surface area (Å²) in [4.78, 5) is 38.1. The second-order valence-electron chi connectivity index (χ2n) is 7.29. The Kier molecular flexibility index (Phi) is 4.56. The summed E-state index contributed by atoms with van der Waals surface area (Å²) < 4.78 is 0. The number of allylic oxidation sites excluding steroid dienone is 2. The number of carbonyl (C=O) groups is 3. The Morgan fingerprint density at radius 3 is 2.50 bits per heavy atom. The Morgan fingerprint density at radius 2 is 1.81 bits per heavy atom. The highest BCUT2D eigenvalue weighted by Gasteiger charge is 2.36. The summed E-state index contributed by atoms with van der Waals surface area (Å²) in [6, 6.07) is 0.253. The zero-order valence-corrected chi connectivity index (χ0v) is 15.2. The summed E-state index contributed by atoms with van der Waals surface area (Å²) in [6.45, 7) is 0. The molecule has 1 heterocycles. The summed E-state index contributed by atoms with van der Waals surface area (Å²) in [7, 11) is 0. The Bertz CT molecular complexity index is 794. The SMILES string of the molecule is O=C(NC1CC1)c1c(NC(=O)[C@H]2CC=CC[C@H]2C(=O)O)sc2c1CCC2. The number of rotatable bonds is 5. The lowest BCUT2D eigenvalue weighted by atomic mass is 9.82. The molecule has 2 atom stereocenters. The maximum absolute atomic E-state index is 12.8. The predicted octanol–water partition coefficient (Wildman–Crippen LogP) is 2.73. The quantitative estimate of drug-likeness (QED) is 0.691. The van der Waals surface area contributed by atoms with E-state index in [0.717, 1.165) is 37.7 Å². The minimum absolute atomic E-state index is 0.111. The van der Waals surface area contributed by atoms with Crippen molar-refractivity contribution in [3.05, 3.63) is 28.2 Å². The highest BCUT2D eigenvalue weighted by Crippen LogP contribution is 2.40. The van der Waals surface area contributed by atoms with Gasteiger partial charge in [0.2, 0.25) is 5.91 Å². The molecular formula is C19H22N2O4S. The van der Waals surface area contributed by atoms with E-state index in [4.69, 9.17) is 0 Å². The number of hydrogen-bond acceptors (Lipinski definition) is 4. The lowest BCUT2D eigenvalue weighted by Gasteiger charge is -2.24. The van der Waals surface area contributed by atoms with Crippen molar-refractivity contribution in [1.29, 1.82) is 0 Å². The molecule has 0 unspecified atom stereocenters. The van der Waals surface area contributed by atoms with Crippen LogP contribution < -0.4 is 10.6 Å². The molecule has 1 aromatic heterocycles. The first-order valence-electron chi connectivity index (χ1n) is 9.18. The molecule has 0 radical (unpaired) electrons. The van der Waals surface area contributed by atoms with E-state index in [1.165, 1.54) is 16.2 Å². The van der Waals surface area contributed by atoms with Gasteiger partial charge in [-0.25, -0.2) is 0 Å². The van der Waals surface area contributed by atoms with Crippen LogP contribution in [0.2, 0.25) is 0 Å². The number of anilines is 1. The summed E-state index contributed by atoms with van der Waals surface area (Å²) in [5.41, 5.74) is 1.66. The molecule has 3 N–H and O–H groups in total. The molecule has 7 heteroatoms. The third-order valence-corrected chi connectivity index (χ3v) is 6.59. The molecule has 0 bridgehead atoms. The number of hydrogen-bond donors (Lipinski definition) is 3. The van der Waals surface area contributed by atoms with Crippen LogP contribution in [0.4, 0.5) is 5.00 Å². The molecule has 6 nitrogen and oxygen atoms in total. The zero-order chi connectivity index (χ0) is 18.3. The van der Waals surface area contributed by atoms with Crippen molar-refractivity contribution >= 4 is 34.1 Å². The van der Waals surface area contributed by atoms with Gasteiger partial charge in [0.1, 0.15) is 5.00 Å². The lowest BCUT2D eigenvalue weighted by molar-refractivity contribution is -0.146. The van der Waals surface area contributed by atoms with Crippen molar-refractivity contribution in [2.75, 3.05) is 5.32 Å². The normalized spacial score (nSPS) is 24.2. The van der Waals surface area contributed by atoms with Crippen LogP contribution in [-0.2, 0) is 22.4 Å². The third kappa shape index (κ3) is 3.28. The van der Waals surface area contributed by atoms with Gasteiger partial charge >= 0.3 is 5.97 Å². The van der Waals surface area contributed by atoms with Crippen LogP contribution in [0.5, 0.6) is 0 Å². The van der Waals surface area contributed by atoms with E-state index >= 15 is 0 Å². The van der Waals surface area contributed by atoms with Crippen LogP contribution in [0.25, 0.3) is 0 Å². The summed E-state index contributed by atoms with van der Waals surface area (Å²) in [6.07, 6.45) is 9.30. The minimum atomic E-state index is -0.949. The van der Waals surface area contributed by atoms with Gasteiger partial charge < -0.3 is 15.7 Å². The minimum Gasteiger partial charge on any atom is -0.481 e. The molecule has 1 saturated carbocycles. The monoisotopic (exact) mass is 374 g/mol. The number of carboxylic acid groups (broad SMARTS) is 1. The molecule has 1 aromatic rings. The number of nitrogens with one attached hydrogen (secondary N) is 2. The number of thiophene rings is 1. The van der Waals surface area contributed by atoms with Gasteiger partial charge in [-0.1, -0.05) is 12.2 Å². The average molecular weight is 374 g/mol. The van der Waals surface area contributed by atoms with E-state index in [2.05, 4.69) is 10.6 Å². The molecule has 138 valence electrons. The van der Waals surface area contributed by atoms with Crippen LogP contribution in [0.3, 0.4) is 0 Å². The fourth-order valence-electron chi connectivity index (χ4n) is 3.80. The van der Waals surface area contributed by atoms with Crippen LogP contribution in [0, 0.1) is 11.8 Å². The van der Waals surface area contributed by atoms with Gasteiger partial charge in [0, 0.05) is 10.9 Å². The molecule has 0 spiro atoms. The number of carboxylic acids is 1. The summed E-state index contributed by atoms with van der Waals surface area (Å²) in [5, 5.41) is 15.9. The van der Waals surface area contributed by atoms with Crippen molar-refractivity contribution in [2.45, 2.75) is 51.0 Å². The third-order valence-electron chi connectivity index (χ3n) is 5.38. The second-order valence-corrected chi connectivity index (χ2v) is 8.40. The molecule has 1 fully saturated rings. The smallest absolute Gasteiger partial charge is 0.307 e. The molecular weight excluding hydrogens is 352 g/mol. The highest BCUT2D eigenvalue weighted by atomic mass is 32.1. The first-order valence-corrected chi connectivity index (χ1v) is 10.0. The van der Waals surface area contributed by atoms with Gasteiger partial charge in [0.25, 0.3) is 5.91 Å². The van der Waals surface area contributed by atoms with Gasteiger partial charge in [0.15, 0.2) is 0 Å². The Morgan fingerprint density at radius 1 is 1.08 bits per heavy atom. The lowest BCUT2D eigenvalue weighted by Crippen LogP contribution is -2.35. The van der Waals surface area contributed by atoms with Gasteiger partial charge in [-0.15, -0.1) is 11.3 Å². The number of amides is 2. The Labute approximate surface area is 155 Å². The summed E-state index contributed by atoms with van der Waals surface area (Å²) >= 11 is 1.47. The number of aryl methyl sites for hydroxylation is 1. The zero-order valence-electron chi connectivity index (χ0n) is 14.4. The topological polar surface area (TPSA) is 95.5 Å². The van der Waals surface area contributed by atoms with Crippen molar-refractivity contribution in [1.82, 2.24) is 5.32 Å². The molecule has 26 heavy (non-hydrogen) atoms. The number of carbonyl (C=O) groups excluding carboxylic acids is 2. The van der Waals surface area contributed by atoms with Crippen LogP contribution in [-0.4, -0.2) is 28.9 Å². The van der Waals surface area contributed by atoms with E-state index in [1.54, 1.807) is 0 Å². The van der Waals surface area contributed by atoms with E-state index in [0.29, 0.717) is 23.4 Å². The molecule has 3 aliphatic carbocycles. The van der Waals surface area contributed by atoms with Crippen molar-refractivity contribution < 1.29 is 19.5 Å². The largest absolute Gasteiger partial charge is 0.481 e. The number of aliphatic carboxylic acids is 1. The molecule has 0 aliphatic heterocycles. The Hall–Kier alpha value is -2.15. The van der Waals surface area contributed by atoms with Gasteiger partial charge in [-0.2, -0.15) is 0 Å². The first-order chi connectivity index (χ1) is 12.5. The predicted molar refractivity (Wildman–Crippen MR) is 98.5 cm³/mol. The maximum Gasteiger partial charge on any atom is 0.307 e. The Balaban J connectivity index is 1.57. The van der Waals surface area contributed by atoms with Gasteiger partial charge in [-0.3, -0.25) is 14.4 Å². The fraction of sp³-hybridized carbons (Fsp3) is 0.526. The standard InChI is InChI=1S/C19H22N2O4S/c22-16(11-4-1-2-5-12(11)19(24)25)21-18-15(17(23)20-10-8-9-10)13-6-3-7-14(13)26-18/h1-2,10-12H,3-9H2,(H,20,23)(H,21,22)(H,24,25)/t11-,12+/m0/s1. The van der Waals surface area contributed by atoms with Crippen molar-refractivity contribution in [3.8, 4) is 0 Å². The molecule has 3 aliphatic rings. The highest BCUT2D eigenvalue weighted by molar-refractivity contribution is 7.17. The van der Waals surface area contributed by atoms with Crippen LogP contribution >= 0.6 is 11.3 Å². The van der Waals surface area contributed by atoms with Crippen molar-refractivity contribution in [2.24, 2.45) is 11.8 Å². The van der Waals surface area contributed by atoms with Gasteiger partial charge in [-0.05, 0) is 50.5 Å². The second kappa shape index (κ2) is 6.87. The number of fused-ring (bicyclic) bond motifs is 1. The van der Waals surface area contributed by atoms with Crippen LogP contribution in [0.15, 0.2) is 12.2 Å². The molecule has 0 aromatic carbocycles. The van der Waals surface area contributed by atoms with E-state index in [9.17, 15) is 19.5 Å². The van der Waals surface area contributed by atoms with Crippen molar-refractivity contribution in [3.63, 3.8) is 0 Å². The van der Waals surface area contributed by atoms with Gasteiger partial charge in [0.05, 0.1) is 17.4 Å².